The molecule has 1 rings (SSSR count). The van der Waals surface area contributed by atoms with Crippen LogP contribution in [0.25, 0.3) is 0 Å². The smallest absolute Gasteiger partial charge is 0.231 e. The first-order valence-electron chi connectivity index (χ1n) is 5.96. The lowest BCUT2D eigenvalue weighted by Crippen LogP contribution is -2.30. The van der Waals surface area contributed by atoms with Crippen LogP contribution in [-0.2, 0) is 0 Å². The van der Waals surface area contributed by atoms with Gasteiger partial charge in [0.05, 0.1) is 0 Å². The molecule has 0 aromatic carbocycles. The fourth-order valence-electron chi connectivity index (χ4n) is 1.28. The first-order chi connectivity index (χ1) is 8.08. The molecule has 0 aliphatic heterocycles. The molecule has 1 aromatic rings. The van der Waals surface area contributed by atoms with Crippen LogP contribution in [-0.4, -0.2) is 34.6 Å². The van der Waals surface area contributed by atoms with Gasteiger partial charge in [0.1, 0.15) is 0 Å². The number of nitrogens with one attached hydrogen (secondary N) is 1. The average Bonchev–Trinajstić information content (AvgIpc) is 2.33. The standard InChI is InChI=1S/C11H20ClN5/c1-5-7-13-10-14-9(12)15-11(16-10)17(4)8(3)6-2/h8H,5-7H2,1-4H3,(H,13,14,15,16). The summed E-state index contributed by atoms with van der Waals surface area (Å²) in [5, 5.41) is 3.34. The fourth-order valence-corrected chi connectivity index (χ4v) is 1.44. The van der Waals surface area contributed by atoms with Crippen molar-refractivity contribution in [2.45, 2.75) is 39.7 Å². The second-order valence-electron chi connectivity index (χ2n) is 4.02. The van der Waals surface area contributed by atoms with Crippen molar-refractivity contribution in [1.29, 1.82) is 0 Å². The Hall–Kier alpha value is -1.10. The van der Waals surface area contributed by atoms with Crippen LogP contribution in [0.4, 0.5) is 11.9 Å². The number of anilines is 2. The van der Waals surface area contributed by atoms with Crippen LogP contribution in [0.1, 0.15) is 33.6 Å². The Bertz CT molecular complexity index is 358. The molecular weight excluding hydrogens is 238 g/mol. The van der Waals surface area contributed by atoms with Crippen molar-refractivity contribution in [1.82, 2.24) is 15.0 Å². The molecule has 0 bridgehead atoms. The van der Waals surface area contributed by atoms with Gasteiger partial charge in [0, 0.05) is 19.6 Å². The molecule has 1 atom stereocenters. The third-order valence-corrected chi connectivity index (χ3v) is 2.87. The van der Waals surface area contributed by atoms with Gasteiger partial charge in [0.25, 0.3) is 0 Å². The van der Waals surface area contributed by atoms with E-state index in [2.05, 4.69) is 41.0 Å². The minimum Gasteiger partial charge on any atom is -0.354 e. The predicted octanol–water partition coefficient (Wildman–Crippen LogP) is 2.58. The van der Waals surface area contributed by atoms with Crippen molar-refractivity contribution in [3.63, 3.8) is 0 Å². The number of aromatic nitrogens is 3. The van der Waals surface area contributed by atoms with Gasteiger partial charge in [-0.15, -0.1) is 0 Å². The Labute approximate surface area is 108 Å². The summed E-state index contributed by atoms with van der Waals surface area (Å²) in [4.78, 5) is 14.5. The highest BCUT2D eigenvalue weighted by Crippen LogP contribution is 2.15. The van der Waals surface area contributed by atoms with E-state index in [9.17, 15) is 0 Å². The number of halogens is 1. The third kappa shape index (κ3) is 4.00. The third-order valence-electron chi connectivity index (χ3n) is 2.70. The molecule has 0 spiro atoms. The van der Waals surface area contributed by atoms with Crippen molar-refractivity contribution >= 4 is 23.5 Å². The van der Waals surface area contributed by atoms with Crippen molar-refractivity contribution in [3.8, 4) is 0 Å². The molecule has 0 radical (unpaired) electrons. The lowest BCUT2D eigenvalue weighted by Gasteiger charge is -2.23. The fraction of sp³-hybridized carbons (Fsp3) is 0.727. The van der Waals surface area contributed by atoms with Gasteiger partial charge in [-0.05, 0) is 31.4 Å². The molecule has 1 aromatic heterocycles. The van der Waals surface area contributed by atoms with E-state index in [1.165, 1.54) is 0 Å². The molecule has 96 valence electrons. The summed E-state index contributed by atoms with van der Waals surface area (Å²) in [6.07, 6.45) is 2.04. The Kier molecular flexibility index (Phi) is 5.41. The van der Waals surface area contributed by atoms with E-state index in [0.717, 1.165) is 19.4 Å². The van der Waals surface area contributed by atoms with Crippen molar-refractivity contribution in [3.05, 3.63) is 5.28 Å². The Morgan fingerprint density at radius 1 is 1.29 bits per heavy atom. The maximum atomic E-state index is 5.89. The van der Waals surface area contributed by atoms with Crippen molar-refractivity contribution in [2.24, 2.45) is 0 Å². The van der Waals surface area contributed by atoms with Crippen molar-refractivity contribution < 1.29 is 0 Å². The number of hydrogen-bond acceptors (Lipinski definition) is 5. The van der Waals surface area contributed by atoms with E-state index < -0.39 is 0 Å². The lowest BCUT2D eigenvalue weighted by molar-refractivity contribution is 0.647. The van der Waals surface area contributed by atoms with E-state index in [4.69, 9.17) is 11.6 Å². The summed E-state index contributed by atoms with van der Waals surface area (Å²) >= 11 is 5.89. The Balaban J connectivity index is 2.88. The van der Waals surface area contributed by atoms with Gasteiger partial charge in [-0.25, -0.2) is 0 Å². The molecule has 1 heterocycles. The lowest BCUT2D eigenvalue weighted by atomic mass is 10.2. The van der Waals surface area contributed by atoms with Crippen LogP contribution in [0.3, 0.4) is 0 Å². The molecule has 0 saturated carbocycles. The molecule has 0 aliphatic rings. The molecule has 1 unspecified atom stereocenters. The Morgan fingerprint density at radius 3 is 2.59 bits per heavy atom. The van der Waals surface area contributed by atoms with Crippen molar-refractivity contribution in [2.75, 3.05) is 23.8 Å². The molecule has 0 saturated heterocycles. The average molecular weight is 258 g/mol. The summed E-state index contributed by atoms with van der Waals surface area (Å²) in [5.41, 5.74) is 0. The van der Waals surface area contributed by atoms with E-state index in [-0.39, 0.29) is 5.28 Å². The van der Waals surface area contributed by atoms with Gasteiger partial charge in [0.2, 0.25) is 17.2 Å². The second kappa shape index (κ2) is 6.59. The zero-order chi connectivity index (χ0) is 12.8. The predicted molar refractivity (Wildman–Crippen MR) is 71.8 cm³/mol. The largest absolute Gasteiger partial charge is 0.354 e. The SMILES string of the molecule is CCCNc1nc(Cl)nc(N(C)C(C)CC)n1. The first kappa shape index (κ1) is 14.0. The van der Waals surface area contributed by atoms with Gasteiger partial charge in [-0.3, -0.25) is 0 Å². The van der Waals surface area contributed by atoms with Gasteiger partial charge in [-0.1, -0.05) is 13.8 Å². The van der Waals surface area contributed by atoms with E-state index in [1.54, 1.807) is 0 Å². The second-order valence-corrected chi connectivity index (χ2v) is 4.36. The quantitative estimate of drug-likeness (QED) is 0.849. The molecule has 6 heteroatoms. The van der Waals surface area contributed by atoms with E-state index in [1.807, 2.05) is 11.9 Å². The summed E-state index contributed by atoms with van der Waals surface area (Å²) in [5.74, 6) is 1.15. The van der Waals surface area contributed by atoms with E-state index in [0.29, 0.717) is 17.9 Å². The van der Waals surface area contributed by atoms with Gasteiger partial charge >= 0.3 is 0 Å². The number of hydrogen-bond donors (Lipinski definition) is 1. The molecule has 0 fully saturated rings. The zero-order valence-electron chi connectivity index (χ0n) is 10.9. The van der Waals surface area contributed by atoms with Gasteiger partial charge in [-0.2, -0.15) is 15.0 Å². The summed E-state index contributed by atoms with van der Waals surface area (Å²) in [6.45, 7) is 7.16. The number of rotatable bonds is 6. The summed E-state index contributed by atoms with van der Waals surface area (Å²) < 4.78 is 0. The minimum absolute atomic E-state index is 0.226. The van der Waals surface area contributed by atoms with Crippen LogP contribution in [0.15, 0.2) is 0 Å². The molecule has 0 amide bonds. The highest BCUT2D eigenvalue weighted by molar-refractivity contribution is 6.28. The highest BCUT2D eigenvalue weighted by atomic mass is 35.5. The van der Waals surface area contributed by atoms with Gasteiger partial charge in [0.15, 0.2) is 0 Å². The zero-order valence-corrected chi connectivity index (χ0v) is 11.6. The maximum Gasteiger partial charge on any atom is 0.231 e. The van der Waals surface area contributed by atoms with Crippen LogP contribution in [0, 0.1) is 0 Å². The van der Waals surface area contributed by atoms with Crippen LogP contribution in [0.5, 0.6) is 0 Å². The summed E-state index contributed by atoms with van der Waals surface area (Å²) in [6, 6.07) is 0.368. The molecule has 0 aliphatic carbocycles. The summed E-state index contributed by atoms with van der Waals surface area (Å²) in [7, 11) is 1.96. The first-order valence-corrected chi connectivity index (χ1v) is 6.34. The molecule has 1 N–H and O–H groups in total. The van der Waals surface area contributed by atoms with Crippen LogP contribution in [0.2, 0.25) is 5.28 Å². The molecule has 5 nitrogen and oxygen atoms in total. The maximum absolute atomic E-state index is 5.89. The van der Waals surface area contributed by atoms with Crippen LogP contribution >= 0.6 is 11.6 Å². The van der Waals surface area contributed by atoms with Gasteiger partial charge < -0.3 is 10.2 Å². The monoisotopic (exact) mass is 257 g/mol. The highest BCUT2D eigenvalue weighted by Gasteiger charge is 2.13. The minimum atomic E-state index is 0.226. The Morgan fingerprint density at radius 2 is 2.00 bits per heavy atom. The molecular formula is C11H20ClN5. The topological polar surface area (TPSA) is 53.9 Å². The normalized spacial score (nSPS) is 12.3. The van der Waals surface area contributed by atoms with E-state index >= 15 is 0 Å². The number of nitrogens with zero attached hydrogens (tertiary/aromatic N) is 4. The van der Waals surface area contributed by atoms with Crippen LogP contribution < -0.4 is 10.2 Å². The molecule has 17 heavy (non-hydrogen) atoms.